The van der Waals surface area contributed by atoms with Crippen molar-refractivity contribution >= 4 is 6.08 Å². The van der Waals surface area contributed by atoms with Crippen LogP contribution in [0.3, 0.4) is 0 Å². The van der Waals surface area contributed by atoms with E-state index in [2.05, 4.69) is 0 Å². The largest absolute Gasteiger partial charge is 0.508 e. The average molecular weight is 206 g/mol. The molecule has 82 valence electrons. The third-order valence-electron chi connectivity index (χ3n) is 2.04. The lowest BCUT2D eigenvalue weighted by Gasteiger charge is -2.11. The molecular weight excluding hydrogens is 188 g/mol. The smallest absolute Gasteiger partial charge is 0.120 e. The number of phenolic OH excluding ortho intramolecular Hbond substituents is 1. The molecule has 3 heteroatoms. The van der Waals surface area contributed by atoms with Gasteiger partial charge in [-0.2, -0.15) is 0 Å². The molecule has 0 aliphatic carbocycles. The fourth-order valence-corrected chi connectivity index (χ4v) is 1.38. The molecule has 3 nitrogen and oxygen atoms in total. The maximum absolute atomic E-state index is 9.63. The summed E-state index contributed by atoms with van der Waals surface area (Å²) in [6.45, 7) is 1.26. The van der Waals surface area contributed by atoms with Crippen molar-refractivity contribution in [3.05, 3.63) is 35.4 Å². The lowest BCUT2D eigenvalue weighted by molar-refractivity contribution is 0.386. The van der Waals surface area contributed by atoms with E-state index in [9.17, 15) is 5.11 Å². The van der Waals surface area contributed by atoms with Crippen molar-refractivity contribution in [2.24, 2.45) is 5.73 Å². The highest BCUT2D eigenvalue weighted by Gasteiger charge is 2.02. The summed E-state index contributed by atoms with van der Waals surface area (Å²) in [6.07, 6.45) is 3.85. The van der Waals surface area contributed by atoms with Crippen molar-refractivity contribution in [2.45, 2.75) is 6.54 Å². The minimum Gasteiger partial charge on any atom is -0.508 e. The topological polar surface area (TPSA) is 49.5 Å². The summed E-state index contributed by atoms with van der Waals surface area (Å²) < 4.78 is 0. The molecule has 0 heterocycles. The second-order valence-corrected chi connectivity index (χ2v) is 3.76. The Morgan fingerprint density at radius 3 is 2.73 bits per heavy atom. The summed E-state index contributed by atoms with van der Waals surface area (Å²) in [6, 6.07) is 5.57. The Morgan fingerprint density at radius 1 is 1.40 bits per heavy atom. The molecule has 0 aromatic heterocycles. The van der Waals surface area contributed by atoms with Crippen molar-refractivity contribution in [2.75, 3.05) is 20.6 Å². The van der Waals surface area contributed by atoms with E-state index in [4.69, 9.17) is 5.73 Å². The SMILES string of the molecule is CN(C)Cc1cc(/C=C/CN)ccc1O. The molecule has 15 heavy (non-hydrogen) atoms. The number of rotatable bonds is 4. The maximum Gasteiger partial charge on any atom is 0.120 e. The molecule has 0 aliphatic rings. The van der Waals surface area contributed by atoms with Gasteiger partial charge in [0.05, 0.1) is 0 Å². The van der Waals surface area contributed by atoms with E-state index in [1.807, 2.05) is 43.3 Å². The summed E-state index contributed by atoms with van der Waals surface area (Å²) in [5.41, 5.74) is 7.38. The molecule has 0 aliphatic heterocycles. The maximum atomic E-state index is 9.63. The molecule has 0 atom stereocenters. The van der Waals surface area contributed by atoms with Gasteiger partial charge in [-0.1, -0.05) is 18.2 Å². The number of nitrogens with zero attached hydrogens (tertiary/aromatic N) is 1. The van der Waals surface area contributed by atoms with Gasteiger partial charge in [0.2, 0.25) is 0 Å². The summed E-state index contributed by atoms with van der Waals surface area (Å²) in [5, 5.41) is 9.63. The third kappa shape index (κ3) is 3.73. The van der Waals surface area contributed by atoms with Gasteiger partial charge >= 0.3 is 0 Å². The van der Waals surface area contributed by atoms with Crippen LogP contribution in [0.5, 0.6) is 5.75 Å². The fraction of sp³-hybridized carbons (Fsp3) is 0.333. The van der Waals surface area contributed by atoms with E-state index in [1.54, 1.807) is 6.07 Å². The van der Waals surface area contributed by atoms with Crippen LogP contribution < -0.4 is 5.73 Å². The molecule has 0 amide bonds. The molecule has 3 N–H and O–H groups in total. The molecule has 0 saturated carbocycles. The number of hydrogen-bond acceptors (Lipinski definition) is 3. The van der Waals surface area contributed by atoms with Crippen LogP contribution in [0.1, 0.15) is 11.1 Å². The van der Waals surface area contributed by atoms with Gasteiger partial charge in [-0.25, -0.2) is 0 Å². The van der Waals surface area contributed by atoms with E-state index in [0.29, 0.717) is 12.3 Å². The molecule has 0 radical (unpaired) electrons. The Hall–Kier alpha value is -1.32. The second-order valence-electron chi connectivity index (χ2n) is 3.76. The van der Waals surface area contributed by atoms with Gasteiger partial charge in [0, 0.05) is 18.7 Å². The third-order valence-corrected chi connectivity index (χ3v) is 2.04. The van der Waals surface area contributed by atoms with Crippen LogP contribution in [0, 0.1) is 0 Å². The Labute approximate surface area is 90.8 Å². The van der Waals surface area contributed by atoms with E-state index >= 15 is 0 Å². The minimum atomic E-state index is 0.341. The quantitative estimate of drug-likeness (QED) is 0.783. The van der Waals surface area contributed by atoms with E-state index in [0.717, 1.165) is 17.7 Å². The van der Waals surface area contributed by atoms with Crippen LogP contribution in [-0.2, 0) is 6.54 Å². The van der Waals surface area contributed by atoms with Gasteiger partial charge in [-0.15, -0.1) is 0 Å². The van der Waals surface area contributed by atoms with E-state index in [1.165, 1.54) is 0 Å². The normalized spacial score (nSPS) is 11.5. The van der Waals surface area contributed by atoms with Gasteiger partial charge in [-0.05, 0) is 31.8 Å². The number of aromatic hydroxyl groups is 1. The zero-order valence-corrected chi connectivity index (χ0v) is 9.27. The van der Waals surface area contributed by atoms with Crippen molar-refractivity contribution in [1.29, 1.82) is 0 Å². The predicted molar refractivity (Wildman–Crippen MR) is 63.6 cm³/mol. The van der Waals surface area contributed by atoms with Crippen LogP contribution in [0.25, 0.3) is 6.08 Å². The van der Waals surface area contributed by atoms with Crippen molar-refractivity contribution in [3.63, 3.8) is 0 Å². The summed E-state index contributed by atoms with van der Waals surface area (Å²) in [4.78, 5) is 2.02. The standard InChI is InChI=1S/C12H18N2O/c1-14(2)9-11-8-10(4-3-7-13)5-6-12(11)15/h3-6,8,15H,7,9,13H2,1-2H3/b4-3+. The Kier molecular flexibility index (Phi) is 4.34. The Bertz CT molecular complexity index is 345. The van der Waals surface area contributed by atoms with Gasteiger partial charge in [0.15, 0.2) is 0 Å². The highest BCUT2D eigenvalue weighted by Crippen LogP contribution is 2.20. The first-order valence-corrected chi connectivity index (χ1v) is 4.96. The summed E-state index contributed by atoms with van der Waals surface area (Å²) >= 11 is 0. The second kappa shape index (κ2) is 5.53. The summed E-state index contributed by atoms with van der Waals surface area (Å²) in [7, 11) is 3.95. The van der Waals surface area contributed by atoms with E-state index < -0.39 is 0 Å². The fourth-order valence-electron chi connectivity index (χ4n) is 1.38. The van der Waals surface area contributed by atoms with Crippen LogP contribution in [-0.4, -0.2) is 30.6 Å². The number of phenols is 1. The molecule has 0 spiro atoms. The lowest BCUT2D eigenvalue weighted by Crippen LogP contribution is -2.10. The van der Waals surface area contributed by atoms with Crippen molar-refractivity contribution < 1.29 is 5.11 Å². The molecule has 0 fully saturated rings. The average Bonchev–Trinajstić information content (AvgIpc) is 2.18. The monoisotopic (exact) mass is 206 g/mol. The van der Waals surface area contributed by atoms with Gasteiger partial charge in [0.25, 0.3) is 0 Å². The molecule has 0 saturated heterocycles. The Morgan fingerprint density at radius 2 is 2.13 bits per heavy atom. The zero-order chi connectivity index (χ0) is 11.3. The first kappa shape index (κ1) is 11.8. The molecule has 1 aromatic carbocycles. The minimum absolute atomic E-state index is 0.341. The number of nitrogens with two attached hydrogens (primary N) is 1. The van der Waals surface area contributed by atoms with Crippen LogP contribution in [0.15, 0.2) is 24.3 Å². The molecule has 0 bridgehead atoms. The predicted octanol–water partition coefficient (Wildman–Crippen LogP) is 1.43. The van der Waals surface area contributed by atoms with Gasteiger partial charge < -0.3 is 15.7 Å². The van der Waals surface area contributed by atoms with Crippen LogP contribution >= 0.6 is 0 Å². The van der Waals surface area contributed by atoms with Gasteiger partial charge in [-0.3, -0.25) is 0 Å². The molecular formula is C12H18N2O. The van der Waals surface area contributed by atoms with Crippen molar-refractivity contribution in [3.8, 4) is 5.75 Å². The zero-order valence-electron chi connectivity index (χ0n) is 9.27. The lowest BCUT2D eigenvalue weighted by atomic mass is 10.1. The van der Waals surface area contributed by atoms with Crippen molar-refractivity contribution in [1.82, 2.24) is 4.90 Å². The summed E-state index contributed by atoms with van der Waals surface area (Å²) in [5.74, 6) is 0.341. The van der Waals surface area contributed by atoms with Crippen LogP contribution in [0.4, 0.5) is 0 Å². The van der Waals surface area contributed by atoms with E-state index in [-0.39, 0.29) is 0 Å². The first-order chi connectivity index (χ1) is 7.13. The molecule has 0 unspecified atom stereocenters. The first-order valence-electron chi connectivity index (χ1n) is 4.96. The molecule has 1 rings (SSSR count). The number of benzene rings is 1. The highest BCUT2D eigenvalue weighted by molar-refractivity contribution is 5.53. The highest BCUT2D eigenvalue weighted by atomic mass is 16.3. The van der Waals surface area contributed by atoms with Crippen LogP contribution in [0.2, 0.25) is 0 Å². The Balaban J connectivity index is 2.89. The molecule has 1 aromatic rings. The number of hydrogen-bond donors (Lipinski definition) is 2. The van der Waals surface area contributed by atoms with Gasteiger partial charge in [0.1, 0.15) is 5.75 Å².